The Labute approximate surface area is 160 Å². The van der Waals surface area contributed by atoms with E-state index < -0.39 is 17.8 Å². The van der Waals surface area contributed by atoms with Crippen molar-refractivity contribution in [2.75, 3.05) is 13.1 Å². The molecule has 1 fully saturated rings. The fourth-order valence-electron chi connectivity index (χ4n) is 2.94. The van der Waals surface area contributed by atoms with Gasteiger partial charge in [0.2, 0.25) is 0 Å². The molecule has 8 nitrogen and oxygen atoms in total. The molecule has 0 unspecified atom stereocenters. The first kappa shape index (κ1) is 19.3. The molecule has 0 spiro atoms. The zero-order valence-corrected chi connectivity index (χ0v) is 16.2. The molecule has 1 aliphatic rings. The van der Waals surface area contributed by atoms with Crippen molar-refractivity contribution in [2.45, 2.75) is 45.8 Å². The van der Waals surface area contributed by atoms with Gasteiger partial charge in [0.1, 0.15) is 0 Å². The number of carbonyl (C=O) groups is 2. The van der Waals surface area contributed by atoms with Crippen LogP contribution in [0.4, 0.5) is 0 Å². The number of thiophene rings is 1. The number of carbonyl (C=O) groups excluding carboxylic acids is 2. The number of hydrogen-bond donors (Lipinski definition) is 0. The molecule has 0 bridgehead atoms. The molecule has 2 aromatic heterocycles. The van der Waals surface area contributed by atoms with Gasteiger partial charge in [0.05, 0.1) is 17.8 Å². The third-order valence-corrected chi connectivity index (χ3v) is 5.48. The number of aromatic nitrogens is 2. The van der Waals surface area contributed by atoms with Gasteiger partial charge in [-0.3, -0.25) is 9.59 Å². The Hall–Kier alpha value is -2.42. The van der Waals surface area contributed by atoms with Crippen molar-refractivity contribution in [1.29, 1.82) is 0 Å². The van der Waals surface area contributed by atoms with E-state index in [9.17, 15) is 14.4 Å². The second-order valence-electron chi connectivity index (χ2n) is 6.76. The highest BCUT2D eigenvalue weighted by Crippen LogP contribution is 2.21. The lowest BCUT2D eigenvalue weighted by atomic mass is 9.99. The standard InChI is InChI=1S/C18H23N3O5S/c1-12-5-8-20(9-6-12)17(23)13(2)25-15(22)7-10-21-18(24)26-16(19-21)14-4-3-11-27-14/h3-4,11-13H,5-10H2,1-2H3/t13-/m1/s1. The van der Waals surface area contributed by atoms with Crippen molar-refractivity contribution < 1.29 is 18.7 Å². The minimum atomic E-state index is -0.832. The van der Waals surface area contributed by atoms with Gasteiger partial charge in [-0.2, -0.15) is 4.68 Å². The van der Waals surface area contributed by atoms with E-state index in [1.165, 1.54) is 11.3 Å². The zero-order chi connectivity index (χ0) is 19.4. The van der Waals surface area contributed by atoms with E-state index >= 15 is 0 Å². The van der Waals surface area contributed by atoms with E-state index in [2.05, 4.69) is 12.0 Å². The number of likely N-dealkylation sites (tertiary alicyclic amines) is 1. The van der Waals surface area contributed by atoms with Crippen LogP contribution in [-0.2, 0) is 20.9 Å². The first-order valence-electron chi connectivity index (χ1n) is 9.04. The first-order chi connectivity index (χ1) is 12.9. The minimum Gasteiger partial charge on any atom is -0.452 e. The largest absolute Gasteiger partial charge is 0.452 e. The van der Waals surface area contributed by atoms with Crippen LogP contribution in [0.3, 0.4) is 0 Å². The van der Waals surface area contributed by atoms with E-state index in [0.29, 0.717) is 19.0 Å². The molecule has 27 heavy (non-hydrogen) atoms. The summed E-state index contributed by atoms with van der Waals surface area (Å²) in [6.07, 6.45) is 1.04. The Morgan fingerprint density at radius 3 is 2.81 bits per heavy atom. The highest BCUT2D eigenvalue weighted by atomic mass is 32.1. The quantitative estimate of drug-likeness (QED) is 0.698. The molecule has 1 atom stereocenters. The van der Waals surface area contributed by atoms with Gasteiger partial charge in [-0.1, -0.05) is 13.0 Å². The maximum absolute atomic E-state index is 12.4. The van der Waals surface area contributed by atoms with Gasteiger partial charge < -0.3 is 14.1 Å². The topological polar surface area (TPSA) is 94.6 Å². The number of ether oxygens (including phenoxy) is 1. The van der Waals surface area contributed by atoms with Crippen molar-refractivity contribution in [2.24, 2.45) is 5.92 Å². The van der Waals surface area contributed by atoms with Crippen LogP contribution in [0.5, 0.6) is 0 Å². The van der Waals surface area contributed by atoms with E-state index in [4.69, 9.17) is 9.15 Å². The summed E-state index contributed by atoms with van der Waals surface area (Å²) in [6, 6.07) is 3.63. The second kappa shape index (κ2) is 8.51. The fraction of sp³-hybridized carbons (Fsp3) is 0.556. The third kappa shape index (κ3) is 4.85. The summed E-state index contributed by atoms with van der Waals surface area (Å²) in [4.78, 5) is 38.7. The highest BCUT2D eigenvalue weighted by molar-refractivity contribution is 7.13. The van der Waals surface area contributed by atoms with Crippen molar-refractivity contribution in [3.8, 4) is 10.8 Å². The van der Waals surface area contributed by atoms with E-state index in [1.807, 2.05) is 11.4 Å². The Bertz CT molecular complexity index is 834. The van der Waals surface area contributed by atoms with Gasteiger partial charge in [-0.05, 0) is 37.1 Å². The normalized spacial score (nSPS) is 16.3. The number of rotatable bonds is 6. The second-order valence-corrected chi connectivity index (χ2v) is 7.71. The molecule has 1 aliphatic heterocycles. The van der Waals surface area contributed by atoms with Crippen LogP contribution in [0, 0.1) is 5.92 Å². The lowest BCUT2D eigenvalue weighted by Crippen LogP contribution is -2.44. The number of aryl methyl sites for hydroxylation is 1. The van der Waals surface area contributed by atoms with E-state index in [1.54, 1.807) is 17.9 Å². The lowest BCUT2D eigenvalue weighted by molar-refractivity contribution is -0.160. The van der Waals surface area contributed by atoms with Crippen molar-refractivity contribution in [1.82, 2.24) is 14.7 Å². The predicted molar refractivity (Wildman–Crippen MR) is 99.2 cm³/mol. The van der Waals surface area contributed by atoms with Crippen molar-refractivity contribution >= 4 is 23.2 Å². The summed E-state index contributed by atoms with van der Waals surface area (Å²) < 4.78 is 11.4. The molecule has 0 saturated carbocycles. The monoisotopic (exact) mass is 393 g/mol. The Balaban J connectivity index is 1.49. The average Bonchev–Trinajstić information content (AvgIpc) is 3.29. The summed E-state index contributed by atoms with van der Waals surface area (Å²) in [6.45, 7) is 5.18. The molecule has 146 valence electrons. The average molecular weight is 393 g/mol. The highest BCUT2D eigenvalue weighted by Gasteiger charge is 2.26. The van der Waals surface area contributed by atoms with Crippen LogP contribution >= 0.6 is 11.3 Å². The number of hydrogen-bond acceptors (Lipinski definition) is 7. The van der Waals surface area contributed by atoms with Crippen LogP contribution in [0.25, 0.3) is 10.8 Å². The van der Waals surface area contributed by atoms with Crippen LogP contribution < -0.4 is 5.76 Å². The van der Waals surface area contributed by atoms with Gasteiger partial charge in [0.15, 0.2) is 6.10 Å². The van der Waals surface area contributed by atoms with Gasteiger partial charge >= 0.3 is 11.7 Å². The minimum absolute atomic E-state index is 0.0364. The zero-order valence-electron chi connectivity index (χ0n) is 15.4. The van der Waals surface area contributed by atoms with Gasteiger partial charge in [-0.15, -0.1) is 16.4 Å². The van der Waals surface area contributed by atoms with Gasteiger partial charge in [0, 0.05) is 13.1 Å². The third-order valence-electron chi connectivity index (χ3n) is 4.62. The molecule has 9 heteroatoms. The van der Waals surface area contributed by atoms with Gasteiger partial charge in [-0.25, -0.2) is 4.79 Å². The van der Waals surface area contributed by atoms with E-state index in [-0.39, 0.29) is 24.8 Å². The molecule has 1 amide bonds. The SMILES string of the molecule is CC1CCN(C(=O)[C@@H](C)OC(=O)CCn2nc(-c3cccs3)oc2=O)CC1. The first-order valence-corrected chi connectivity index (χ1v) is 9.92. The molecular weight excluding hydrogens is 370 g/mol. The Kier molecular flexibility index (Phi) is 6.10. The molecular formula is C18H23N3O5S. The molecule has 0 aromatic carbocycles. The molecule has 3 heterocycles. The summed E-state index contributed by atoms with van der Waals surface area (Å²) in [5.41, 5.74) is 0. The van der Waals surface area contributed by atoms with Crippen LogP contribution in [0.2, 0.25) is 0 Å². The molecule has 0 aliphatic carbocycles. The lowest BCUT2D eigenvalue weighted by Gasteiger charge is -2.31. The number of amides is 1. The number of esters is 1. The maximum atomic E-state index is 12.4. The van der Waals surface area contributed by atoms with Crippen molar-refractivity contribution in [3.05, 3.63) is 28.1 Å². The van der Waals surface area contributed by atoms with Gasteiger partial charge in [0.25, 0.3) is 11.8 Å². The van der Waals surface area contributed by atoms with Crippen LogP contribution in [-0.4, -0.2) is 45.8 Å². The van der Waals surface area contributed by atoms with Crippen LogP contribution in [0.1, 0.15) is 33.1 Å². The molecule has 0 N–H and O–H groups in total. The number of nitrogens with zero attached hydrogens (tertiary/aromatic N) is 3. The smallest absolute Gasteiger partial charge is 0.437 e. The predicted octanol–water partition coefficient (Wildman–Crippen LogP) is 2.15. The fourth-order valence-corrected chi connectivity index (χ4v) is 3.58. The summed E-state index contributed by atoms with van der Waals surface area (Å²) in [5.74, 6) is -0.501. The Morgan fingerprint density at radius 1 is 1.41 bits per heavy atom. The molecule has 1 saturated heterocycles. The summed E-state index contributed by atoms with van der Waals surface area (Å²) >= 11 is 1.41. The number of piperidine rings is 1. The van der Waals surface area contributed by atoms with E-state index in [0.717, 1.165) is 22.4 Å². The summed E-state index contributed by atoms with van der Waals surface area (Å²) in [5, 5.41) is 5.94. The maximum Gasteiger partial charge on any atom is 0.437 e. The molecule has 2 aromatic rings. The Morgan fingerprint density at radius 2 is 2.15 bits per heavy atom. The molecule has 0 radical (unpaired) electrons. The summed E-state index contributed by atoms with van der Waals surface area (Å²) in [7, 11) is 0. The van der Waals surface area contributed by atoms with Crippen molar-refractivity contribution in [3.63, 3.8) is 0 Å². The van der Waals surface area contributed by atoms with Crippen LogP contribution in [0.15, 0.2) is 26.7 Å². The molecule has 3 rings (SSSR count).